The molecule has 0 N–H and O–H groups in total. The first kappa shape index (κ1) is 6.36. The topological polar surface area (TPSA) is 0 Å². The Hall–Kier alpha value is 2.36. The van der Waals surface area contributed by atoms with E-state index in [2.05, 4.69) is 0 Å². The zero-order valence-electron chi connectivity index (χ0n) is 1.57. The van der Waals surface area contributed by atoms with Crippen LogP contribution in [-0.4, -0.2) is 21.2 Å². The van der Waals surface area contributed by atoms with Crippen LogP contribution in [0.2, 0.25) is 0 Å². The average Bonchev–Trinajstić information content (AvgIpc) is 1.37. The molecule has 0 heterocycles. The van der Waals surface area contributed by atoms with Gasteiger partial charge in [-0.15, -0.1) is 0 Å². The summed E-state index contributed by atoms with van der Waals surface area (Å²) >= 11 is 3.94. The summed E-state index contributed by atoms with van der Waals surface area (Å²) in [5.41, 5.74) is 0. The van der Waals surface area contributed by atoms with Crippen molar-refractivity contribution in [3.05, 3.63) is 0 Å². The molecule has 0 rings (SSSR count). The van der Waals surface area contributed by atoms with Crippen LogP contribution in [0.15, 0.2) is 0 Å². The van der Waals surface area contributed by atoms with Gasteiger partial charge in [-0.25, -0.2) is 0 Å². The first-order chi connectivity index (χ1) is 1.91. The van der Waals surface area contributed by atoms with Crippen LogP contribution in [0.25, 0.3) is 0 Å². The van der Waals surface area contributed by atoms with Crippen LogP contribution < -0.4 is 0 Å². The molecule has 0 aliphatic rings. The summed E-state index contributed by atoms with van der Waals surface area (Å²) in [4.78, 5) is 0. The van der Waals surface area contributed by atoms with E-state index in [1.165, 1.54) is 0 Å². The molecule has 0 aromatic heterocycles. The third kappa shape index (κ3) is 4.36. The molecule has 0 aromatic carbocycles. The molecule has 0 nitrogen and oxygen atoms in total. The standard InChI is InChI=1S/2Re.Se2/c;;1-2/q2*+1;-2. The van der Waals surface area contributed by atoms with E-state index in [1.807, 2.05) is 34.3 Å². The maximum absolute atomic E-state index is 1.97. The average molecular weight is 530 g/mol. The molecule has 26 valence electrons. The Balaban J connectivity index is 1.97. The third-order valence-electron chi connectivity index (χ3n) is 0.0238. The normalized spacial score (nSPS) is 7.50. The van der Waals surface area contributed by atoms with Crippen molar-refractivity contribution in [2.45, 2.75) is 0 Å². The Kier molecular flexibility index (Phi) is 8.53. The molecule has 0 aromatic rings. The minimum atomic E-state index is 1.06. The van der Waals surface area contributed by atoms with Crippen molar-refractivity contribution >= 4 is 21.2 Å². The van der Waals surface area contributed by atoms with Gasteiger partial charge in [-0.3, -0.25) is 0 Å². The molecule has 0 radical (unpaired) electrons. The second-order valence-corrected chi connectivity index (χ2v) is 27.8. The van der Waals surface area contributed by atoms with Crippen LogP contribution in [0.5, 0.6) is 0 Å². The van der Waals surface area contributed by atoms with E-state index in [1.54, 1.807) is 0 Å². The van der Waals surface area contributed by atoms with Crippen LogP contribution in [-0.2, 0) is 34.3 Å². The molecule has 0 aliphatic heterocycles. The Morgan fingerprint density at radius 1 is 1.00 bits per heavy atom. The molecule has 0 fully saturated rings. The van der Waals surface area contributed by atoms with Gasteiger partial charge in [0.1, 0.15) is 0 Å². The second kappa shape index (κ2) is 5.36. The second-order valence-electron chi connectivity index (χ2n) is 0.126. The van der Waals surface area contributed by atoms with Crippen LogP contribution in [0, 0.1) is 0 Å². The number of hydrogen-bond acceptors (Lipinski definition) is 0. The molecule has 0 bridgehead atoms. The summed E-state index contributed by atoms with van der Waals surface area (Å²) in [6.07, 6.45) is 0. The van der Waals surface area contributed by atoms with Gasteiger partial charge >= 0.3 is 55.6 Å². The SMILES string of the molecule is [Re][Se][Se][Re]. The van der Waals surface area contributed by atoms with E-state index in [0.717, 1.165) is 21.2 Å². The quantitative estimate of drug-likeness (QED) is 0.391. The van der Waals surface area contributed by atoms with Gasteiger partial charge in [-0.1, -0.05) is 0 Å². The van der Waals surface area contributed by atoms with E-state index in [-0.39, 0.29) is 0 Å². The molecule has 0 amide bonds. The van der Waals surface area contributed by atoms with Crippen LogP contribution in [0.1, 0.15) is 0 Å². The minimum absolute atomic E-state index is 1.06. The number of hydrogen-bond donors (Lipinski definition) is 0. The first-order valence-corrected chi connectivity index (χ1v) is 17.6. The monoisotopic (exact) mass is 534 g/mol. The van der Waals surface area contributed by atoms with Gasteiger partial charge < -0.3 is 0 Å². The Labute approximate surface area is 54.7 Å². The Bertz CT molecular complexity index is 6.00. The summed E-state index contributed by atoms with van der Waals surface area (Å²) in [7, 11) is 2.12. The Morgan fingerprint density at radius 2 is 1.25 bits per heavy atom. The van der Waals surface area contributed by atoms with Crippen LogP contribution in [0.3, 0.4) is 0 Å². The van der Waals surface area contributed by atoms with Crippen molar-refractivity contribution in [2.75, 3.05) is 0 Å². The van der Waals surface area contributed by atoms with E-state index in [4.69, 9.17) is 0 Å². The molecule has 0 aliphatic carbocycles. The van der Waals surface area contributed by atoms with Crippen molar-refractivity contribution in [3.8, 4) is 0 Å². The summed E-state index contributed by atoms with van der Waals surface area (Å²) < 4.78 is 0. The fraction of sp³-hybridized carbons (Fsp3) is 0. The van der Waals surface area contributed by atoms with E-state index in [9.17, 15) is 0 Å². The molecule has 0 atom stereocenters. The molecule has 4 heteroatoms. The van der Waals surface area contributed by atoms with Gasteiger partial charge in [-0.2, -0.15) is 0 Å². The molecule has 0 unspecified atom stereocenters. The van der Waals surface area contributed by atoms with Gasteiger partial charge in [0, 0.05) is 0 Å². The molecule has 0 saturated carbocycles. The molecule has 4 heavy (non-hydrogen) atoms. The summed E-state index contributed by atoms with van der Waals surface area (Å²) in [5, 5.41) is 0. The zero-order chi connectivity index (χ0) is 3.41. The predicted octanol–water partition coefficient (Wildman–Crippen LogP) is -0.767. The van der Waals surface area contributed by atoms with Crippen molar-refractivity contribution in [2.24, 2.45) is 0 Å². The molecule has 0 spiro atoms. The number of rotatable bonds is 1. The molecular weight excluding hydrogens is 530 g/mol. The Morgan fingerprint density at radius 3 is 1.25 bits per heavy atom. The third-order valence-corrected chi connectivity index (χ3v) is 43.1. The fourth-order valence-electron chi connectivity index (χ4n) is 0. The molecular formula is Re2Se2. The summed E-state index contributed by atoms with van der Waals surface area (Å²) in [6.45, 7) is 0. The summed E-state index contributed by atoms with van der Waals surface area (Å²) in [6, 6.07) is 0. The molecule has 0 saturated heterocycles. The van der Waals surface area contributed by atoms with E-state index >= 15 is 0 Å². The van der Waals surface area contributed by atoms with Crippen molar-refractivity contribution in [1.29, 1.82) is 0 Å². The van der Waals surface area contributed by atoms with Crippen molar-refractivity contribution < 1.29 is 34.3 Å². The predicted molar refractivity (Wildman–Crippen MR) is 11.5 cm³/mol. The van der Waals surface area contributed by atoms with Gasteiger partial charge in [0.05, 0.1) is 0 Å². The van der Waals surface area contributed by atoms with Crippen molar-refractivity contribution in [3.63, 3.8) is 0 Å². The zero-order valence-corrected chi connectivity index (χ0v) is 10.4. The maximum atomic E-state index is 1.97. The first-order valence-electron chi connectivity index (χ1n) is 0.475. The van der Waals surface area contributed by atoms with Crippen LogP contribution >= 0.6 is 0 Å². The van der Waals surface area contributed by atoms with Gasteiger partial charge in [0.2, 0.25) is 0 Å². The van der Waals surface area contributed by atoms with E-state index < -0.39 is 0 Å². The fourth-order valence-corrected chi connectivity index (χ4v) is 0. The van der Waals surface area contributed by atoms with Crippen LogP contribution in [0.4, 0.5) is 0 Å². The summed E-state index contributed by atoms with van der Waals surface area (Å²) in [5.74, 6) is 0. The van der Waals surface area contributed by atoms with Gasteiger partial charge in [0.15, 0.2) is 0 Å². The van der Waals surface area contributed by atoms with Crippen molar-refractivity contribution in [1.82, 2.24) is 0 Å². The van der Waals surface area contributed by atoms with Gasteiger partial charge in [-0.05, 0) is 0 Å². The van der Waals surface area contributed by atoms with Gasteiger partial charge in [0.25, 0.3) is 0 Å². The van der Waals surface area contributed by atoms with E-state index in [0.29, 0.717) is 0 Å².